The largest absolute Gasteiger partial charge is 0.474 e. The highest BCUT2D eigenvalue weighted by Crippen LogP contribution is 2.31. The second-order valence-electron chi connectivity index (χ2n) is 7.55. The first-order valence-corrected chi connectivity index (χ1v) is 10.1. The van der Waals surface area contributed by atoms with Crippen LogP contribution in [-0.2, 0) is 6.54 Å². The molecule has 3 heterocycles. The minimum atomic E-state index is 0.315. The predicted molar refractivity (Wildman–Crippen MR) is 106 cm³/mol. The summed E-state index contributed by atoms with van der Waals surface area (Å²) in [6.07, 6.45) is 9.06. The highest BCUT2D eigenvalue weighted by molar-refractivity contribution is 5.86. The molecule has 28 heavy (non-hydrogen) atoms. The summed E-state index contributed by atoms with van der Waals surface area (Å²) in [6.45, 7) is 6.00. The van der Waals surface area contributed by atoms with E-state index in [2.05, 4.69) is 48.3 Å². The molecule has 0 radical (unpaired) electrons. The topological polar surface area (TPSA) is 72.2 Å². The molecule has 1 saturated heterocycles. The fourth-order valence-electron chi connectivity index (χ4n) is 3.78. The molecule has 1 aliphatic heterocycles. The van der Waals surface area contributed by atoms with E-state index in [1.165, 1.54) is 12.1 Å². The number of piperazine rings is 1. The fraction of sp³-hybridized carbons (Fsp3) is 0.500. The molecule has 2 aliphatic rings. The molecule has 1 aromatic carbocycles. The van der Waals surface area contributed by atoms with E-state index in [0.29, 0.717) is 6.10 Å². The summed E-state index contributed by atoms with van der Waals surface area (Å²) < 4.78 is 7.99. The van der Waals surface area contributed by atoms with Crippen LogP contribution in [0.1, 0.15) is 19.3 Å². The van der Waals surface area contributed by atoms with Crippen molar-refractivity contribution in [3.63, 3.8) is 0 Å². The molecule has 1 saturated carbocycles. The Hall–Kier alpha value is -2.74. The van der Waals surface area contributed by atoms with Crippen LogP contribution >= 0.6 is 0 Å². The van der Waals surface area contributed by atoms with E-state index in [-0.39, 0.29) is 0 Å². The van der Waals surface area contributed by atoms with Crippen molar-refractivity contribution >= 4 is 16.6 Å². The average molecular weight is 379 g/mol. The van der Waals surface area contributed by atoms with Crippen LogP contribution in [0.25, 0.3) is 10.9 Å². The lowest BCUT2D eigenvalue weighted by molar-refractivity contribution is 0.116. The number of ether oxygens (including phenoxy) is 1. The zero-order valence-electron chi connectivity index (χ0n) is 15.9. The molecule has 2 fully saturated rings. The second kappa shape index (κ2) is 7.71. The normalized spacial score (nSPS) is 18.4. The number of aromatic nitrogens is 5. The van der Waals surface area contributed by atoms with E-state index < -0.39 is 0 Å². The van der Waals surface area contributed by atoms with Crippen LogP contribution in [0.4, 0.5) is 5.69 Å². The summed E-state index contributed by atoms with van der Waals surface area (Å²) in [4.78, 5) is 13.7. The third kappa shape index (κ3) is 3.64. The molecule has 2 aromatic heterocycles. The van der Waals surface area contributed by atoms with Gasteiger partial charge < -0.3 is 9.64 Å². The van der Waals surface area contributed by atoms with E-state index >= 15 is 0 Å². The van der Waals surface area contributed by atoms with Gasteiger partial charge in [0.15, 0.2) is 0 Å². The molecular weight excluding hydrogens is 354 g/mol. The molecule has 3 aromatic rings. The maximum absolute atomic E-state index is 6.10. The Morgan fingerprint density at radius 3 is 2.68 bits per heavy atom. The molecule has 8 heteroatoms. The first kappa shape index (κ1) is 17.4. The highest BCUT2D eigenvalue weighted by Gasteiger charge is 2.22. The molecule has 0 spiro atoms. The van der Waals surface area contributed by atoms with E-state index in [1.54, 1.807) is 12.5 Å². The van der Waals surface area contributed by atoms with Crippen molar-refractivity contribution in [3.05, 3.63) is 36.9 Å². The standard InChI is InChI=1S/C20H25N7O/c1-2-17(3-1)28-20-18-14-16(4-5-19(18)21-15-22-20)26-11-8-25(9-12-26)10-13-27-7-6-23-24-27/h4-7,14-15,17H,1-3,8-13H2. The molecular formula is C20H25N7O. The smallest absolute Gasteiger partial charge is 0.224 e. The van der Waals surface area contributed by atoms with Gasteiger partial charge in [-0.15, -0.1) is 5.10 Å². The van der Waals surface area contributed by atoms with Gasteiger partial charge in [-0.1, -0.05) is 5.21 Å². The van der Waals surface area contributed by atoms with Gasteiger partial charge >= 0.3 is 0 Å². The Morgan fingerprint density at radius 1 is 1.04 bits per heavy atom. The Morgan fingerprint density at radius 2 is 1.93 bits per heavy atom. The number of rotatable bonds is 6. The maximum Gasteiger partial charge on any atom is 0.224 e. The number of benzene rings is 1. The summed E-state index contributed by atoms with van der Waals surface area (Å²) in [5, 5.41) is 8.91. The molecule has 0 amide bonds. The summed E-state index contributed by atoms with van der Waals surface area (Å²) in [6, 6.07) is 6.43. The van der Waals surface area contributed by atoms with Crippen LogP contribution in [0.2, 0.25) is 0 Å². The minimum absolute atomic E-state index is 0.315. The van der Waals surface area contributed by atoms with Gasteiger partial charge in [0.25, 0.3) is 0 Å². The van der Waals surface area contributed by atoms with Gasteiger partial charge in [-0.3, -0.25) is 9.58 Å². The van der Waals surface area contributed by atoms with Gasteiger partial charge in [0.2, 0.25) is 5.88 Å². The zero-order valence-corrected chi connectivity index (χ0v) is 15.9. The Balaban J connectivity index is 1.25. The van der Waals surface area contributed by atoms with E-state index in [4.69, 9.17) is 4.74 Å². The van der Waals surface area contributed by atoms with Crippen molar-refractivity contribution in [2.45, 2.75) is 31.9 Å². The summed E-state index contributed by atoms with van der Waals surface area (Å²) in [5.41, 5.74) is 2.16. The van der Waals surface area contributed by atoms with Crippen LogP contribution in [0.5, 0.6) is 5.88 Å². The van der Waals surface area contributed by atoms with E-state index in [9.17, 15) is 0 Å². The van der Waals surface area contributed by atoms with Crippen molar-refractivity contribution < 1.29 is 4.74 Å². The lowest BCUT2D eigenvalue weighted by Gasteiger charge is -2.36. The summed E-state index contributed by atoms with van der Waals surface area (Å²) >= 11 is 0. The number of anilines is 1. The van der Waals surface area contributed by atoms with Gasteiger partial charge in [0.05, 0.1) is 23.6 Å². The molecule has 0 bridgehead atoms. The summed E-state index contributed by atoms with van der Waals surface area (Å²) in [5.74, 6) is 0.725. The Kier molecular flexibility index (Phi) is 4.78. The van der Waals surface area contributed by atoms with Crippen LogP contribution in [0, 0.1) is 0 Å². The Labute approximate surface area is 164 Å². The monoisotopic (exact) mass is 379 g/mol. The van der Waals surface area contributed by atoms with Crippen LogP contribution in [-0.4, -0.2) is 68.7 Å². The molecule has 0 N–H and O–H groups in total. The fourth-order valence-corrected chi connectivity index (χ4v) is 3.78. The number of fused-ring (bicyclic) bond motifs is 1. The van der Waals surface area contributed by atoms with Crippen molar-refractivity contribution in [1.82, 2.24) is 29.9 Å². The van der Waals surface area contributed by atoms with Gasteiger partial charge in [-0.2, -0.15) is 0 Å². The third-order valence-electron chi connectivity index (χ3n) is 5.77. The van der Waals surface area contributed by atoms with Crippen LogP contribution in [0.3, 0.4) is 0 Å². The van der Waals surface area contributed by atoms with Crippen LogP contribution < -0.4 is 9.64 Å². The van der Waals surface area contributed by atoms with Gasteiger partial charge in [-0.25, -0.2) is 9.97 Å². The van der Waals surface area contributed by atoms with Gasteiger partial charge in [-0.05, 0) is 37.5 Å². The molecule has 5 rings (SSSR count). The van der Waals surface area contributed by atoms with Crippen molar-refractivity contribution in [2.75, 3.05) is 37.6 Å². The average Bonchev–Trinajstić information content (AvgIpc) is 3.23. The van der Waals surface area contributed by atoms with E-state index in [1.807, 2.05) is 10.9 Å². The Bertz CT molecular complexity index is 917. The van der Waals surface area contributed by atoms with Gasteiger partial charge in [0, 0.05) is 44.6 Å². The molecule has 146 valence electrons. The molecule has 1 aliphatic carbocycles. The van der Waals surface area contributed by atoms with Crippen molar-refractivity contribution in [1.29, 1.82) is 0 Å². The quantitative estimate of drug-likeness (QED) is 0.648. The lowest BCUT2D eigenvalue weighted by atomic mass is 9.96. The minimum Gasteiger partial charge on any atom is -0.474 e. The van der Waals surface area contributed by atoms with E-state index in [0.717, 1.165) is 68.9 Å². The molecule has 8 nitrogen and oxygen atoms in total. The lowest BCUT2D eigenvalue weighted by Crippen LogP contribution is -2.47. The molecule has 0 unspecified atom stereocenters. The summed E-state index contributed by atoms with van der Waals surface area (Å²) in [7, 11) is 0. The van der Waals surface area contributed by atoms with Crippen LogP contribution in [0.15, 0.2) is 36.9 Å². The van der Waals surface area contributed by atoms with Crippen molar-refractivity contribution in [3.8, 4) is 5.88 Å². The highest BCUT2D eigenvalue weighted by atomic mass is 16.5. The first-order chi connectivity index (χ1) is 13.8. The van der Waals surface area contributed by atoms with Gasteiger partial charge in [0.1, 0.15) is 12.4 Å². The second-order valence-corrected chi connectivity index (χ2v) is 7.55. The zero-order chi connectivity index (χ0) is 18.8. The molecule has 0 atom stereocenters. The number of nitrogens with zero attached hydrogens (tertiary/aromatic N) is 7. The van der Waals surface area contributed by atoms with Crippen molar-refractivity contribution in [2.24, 2.45) is 0 Å². The maximum atomic E-state index is 6.10. The first-order valence-electron chi connectivity index (χ1n) is 10.1. The number of hydrogen-bond donors (Lipinski definition) is 0. The predicted octanol–water partition coefficient (Wildman–Crippen LogP) is 1.97. The SMILES string of the molecule is c1cn(CCN2CCN(c3ccc4ncnc(OC5CCC5)c4c3)CC2)nn1. The number of hydrogen-bond acceptors (Lipinski definition) is 7. The third-order valence-corrected chi connectivity index (χ3v) is 5.77.